The van der Waals surface area contributed by atoms with Gasteiger partial charge in [0, 0.05) is 16.6 Å². The monoisotopic (exact) mass is 474 g/mol. The average Bonchev–Trinajstić information content (AvgIpc) is 2.64. The third-order valence-electron chi connectivity index (χ3n) is 4.61. The second-order valence-electron chi connectivity index (χ2n) is 8.62. The molecule has 2 aromatic rings. The highest BCUT2D eigenvalue weighted by molar-refractivity contribution is 9.10. The smallest absolute Gasteiger partial charge is 0.261 e. The van der Waals surface area contributed by atoms with Gasteiger partial charge in [0.05, 0.1) is 0 Å². The number of aryl methyl sites for hydroxylation is 2. The lowest BCUT2D eigenvalue weighted by Gasteiger charge is -2.31. The summed E-state index contributed by atoms with van der Waals surface area (Å²) >= 11 is 3.42. The summed E-state index contributed by atoms with van der Waals surface area (Å²) in [6.07, 6.45) is 0. The van der Waals surface area contributed by atoms with Crippen LogP contribution < -0.4 is 10.1 Å². The predicted octanol–water partition coefficient (Wildman–Crippen LogP) is 4.78. The molecule has 0 fully saturated rings. The van der Waals surface area contributed by atoms with Crippen molar-refractivity contribution in [3.8, 4) is 5.75 Å². The average molecular weight is 475 g/mol. The highest BCUT2D eigenvalue weighted by Crippen LogP contribution is 2.20. The molecule has 0 saturated carbocycles. The van der Waals surface area contributed by atoms with E-state index in [1.807, 2.05) is 77.1 Å². The molecule has 30 heavy (non-hydrogen) atoms. The molecule has 0 aliphatic rings. The van der Waals surface area contributed by atoms with Crippen LogP contribution in [0.3, 0.4) is 0 Å². The van der Waals surface area contributed by atoms with Gasteiger partial charge in [0.25, 0.3) is 5.91 Å². The Balaban J connectivity index is 2.18. The van der Waals surface area contributed by atoms with Gasteiger partial charge in [0.1, 0.15) is 11.8 Å². The third kappa shape index (κ3) is 7.17. The van der Waals surface area contributed by atoms with Crippen molar-refractivity contribution in [2.75, 3.05) is 6.61 Å². The molecule has 0 aromatic heterocycles. The van der Waals surface area contributed by atoms with E-state index in [1.165, 1.54) is 0 Å². The standard InChI is InChI=1S/C24H31BrN2O3/c1-16-7-12-21(17(2)13-16)30-15-22(28)27(14-19-8-10-20(25)11-9-19)18(3)23(29)26-24(4,5)6/h7-13,18H,14-15H2,1-6H3,(H,26,29). The van der Waals surface area contributed by atoms with E-state index in [4.69, 9.17) is 4.74 Å². The Morgan fingerprint density at radius 3 is 2.30 bits per heavy atom. The van der Waals surface area contributed by atoms with Crippen LogP contribution in [0.5, 0.6) is 5.75 Å². The molecule has 1 atom stereocenters. The highest BCUT2D eigenvalue weighted by atomic mass is 79.9. The molecule has 0 saturated heterocycles. The van der Waals surface area contributed by atoms with Gasteiger partial charge in [-0.15, -0.1) is 0 Å². The topological polar surface area (TPSA) is 58.6 Å². The van der Waals surface area contributed by atoms with E-state index in [2.05, 4.69) is 21.2 Å². The van der Waals surface area contributed by atoms with Crippen molar-refractivity contribution >= 4 is 27.7 Å². The molecule has 1 unspecified atom stereocenters. The maximum Gasteiger partial charge on any atom is 0.261 e. The van der Waals surface area contributed by atoms with Crippen molar-refractivity contribution in [1.29, 1.82) is 0 Å². The number of ether oxygens (including phenoxy) is 1. The number of hydrogen-bond donors (Lipinski definition) is 1. The molecule has 6 heteroatoms. The van der Waals surface area contributed by atoms with Crippen LogP contribution in [0.4, 0.5) is 0 Å². The lowest BCUT2D eigenvalue weighted by atomic mass is 10.1. The molecule has 2 amide bonds. The number of nitrogens with one attached hydrogen (secondary N) is 1. The van der Waals surface area contributed by atoms with Crippen LogP contribution in [-0.4, -0.2) is 34.9 Å². The minimum atomic E-state index is -0.636. The van der Waals surface area contributed by atoms with Crippen LogP contribution >= 0.6 is 15.9 Å². The Hall–Kier alpha value is -2.34. The van der Waals surface area contributed by atoms with Gasteiger partial charge in [-0.2, -0.15) is 0 Å². The quantitative estimate of drug-likeness (QED) is 0.628. The number of halogens is 1. The molecule has 162 valence electrons. The van der Waals surface area contributed by atoms with Crippen molar-refractivity contribution in [2.45, 2.75) is 59.7 Å². The Kier molecular flexibility index (Phi) is 8.07. The Labute approximate surface area is 187 Å². The molecule has 0 radical (unpaired) electrons. The van der Waals surface area contributed by atoms with Crippen molar-refractivity contribution < 1.29 is 14.3 Å². The SMILES string of the molecule is Cc1ccc(OCC(=O)N(Cc2ccc(Br)cc2)C(C)C(=O)NC(C)(C)C)c(C)c1. The number of amides is 2. The summed E-state index contributed by atoms with van der Waals surface area (Å²) in [5.74, 6) is 0.235. The lowest BCUT2D eigenvalue weighted by molar-refractivity contribution is -0.142. The van der Waals surface area contributed by atoms with Crippen molar-refractivity contribution in [3.63, 3.8) is 0 Å². The first-order valence-corrected chi connectivity index (χ1v) is 10.8. The van der Waals surface area contributed by atoms with E-state index in [0.717, 1.165) is 21.2 Å². The molecule has 5 nitrogen and oxygen atoms in total. The van der Waals surface area contributed by atoms with Crippen molar-refractivity contribution in [3.05, 3.63) is 63.6 Å². The zero-order valence-electron chi connectivity index (χ0n) is 18.6. The van der Waals surface area contributed by atoms with Gasteiger partial charge >= 0.3 is 0 Å². The number of benzene rings is 2. The molecular formula is C24H31BrN2O3. The molecule has 2 rings (SSSR count). The van der Waals surface area contributed by atoms with Gasteiger partial charge in [0.15, 0.2) is 6.61 Å². The van der Waals surface area contributed by atoms with E-state index in [-0.39, 0.29) is 24.0 Å². The number of rotatable bonds is 7. The minimum Gasteiger partial charge on any atom is -0.483 e. The normalized spacial score (nSPS) is 12.2. The first-order chi connectivity index (χ1) is 14.0. The Morgan fingerprint density at radius 1 is 1.10 bits per heavy atom. The van der Waals surface area contributed by atoms with Gasteiger partial charge in [0.2, 0.25) is 5.91 Å². The molecule has 0 spiro atoms. The lowest BCUT2D eigenvalue weighted by Crippen LogP contribution is -2.53. The van der Waals surface area contributed by atoms with Crippen LogP contribution in [-0.2, 0) is 16.1 Å². The van der Waals surface area contributed by atoms with Gasteiger partial charge < -0.3 is 15.0 Å². The largest absolute Gasteiger partial charge is 0.483 e. The molecular weight excluding hydrogens is 444 g/mol. The predicted molar refractivity (Wildman–Crippen MR) is 123 cm³/mol. The zero-order valence-corrected chi connectivity index (χ0v) is 20.2. The zero-order chi connectivity index (χ0) is 22.5. The van der Waals surface area contributed by atoms with E-state index in [1.54, 1.807) is 11.8 Å². The Morgan fingerprint density at radius 2 is 1.73 bits per heavy atom. The van der Waals surface area contributed by atoms with Crippen LogP contribution in [0.2, 0.25) is 0 Å². The third-order valence-corrected chi connectivity index (χ3v) is 5.14. The second kappa shape index (κ2) is 10.1. The molecule has 0 bridgehead atoms. The second-order valence-corrected chi connectivity index (χ2v) is 9.54. The fourth-order valence-electron chi connectivity index (χ4n) is 3.03. The van der Waals surface area contributed by atoms with Gasteiger partial charge in [-0.05, 0) is 70.9 Å². The van der Waals surface area contributed by atoms with Gasteiger partial charge in [-0.3, -0.25) is 9.59 Å². The van der Waals surface area contributed by atoms with Gasteiger partial charge in [-0.25, -0.2) is 0 Å². The van der Waals surface area contributed by atoms with Crippen molar-refractivity contribution in [1.82, 2.24) is 10.2 Å². The van der Waals surface area contributed by atoms with Crippen LogP contribution in [0, 0.1) is 13.8 Å². The number of nitrogens with zero attached hydrogens (tertiary/aromatic N) is 1. The highest BCUT2D eigenvalue weighted by Gasteiger charge is 2.28. The summed E-state index contributed by atoms with van der Waals surface area (Å²) in [5.41, 5.74) is 2.66. The van der Waals surface area contributed by atoms with Gasteiger partial charge in [-0.1, -0.05) is 45.8 Å². The maximum absolute atomic E-state index is 13.1. The van der Waals surface area contributed by atoms with Crippen molar-refractivity contribution in [2.24, 2.45) is 0 Å². The molecule has 2 aromatic carbocycles. The molecule has 0 aliphatic carbocycles. The number of carbonyl (C=O) groups excluding carboxylic acids is 2. The van der Waals surface area contributed by atoms with E-state index in [0.29, 0.717) is 12.3 Å². The summed E-state index contributed by atoms with van der Waals surface area (Å²) in [7, 11) is 0. The van der Waals surface area contributed by atoms with E-state index < -0.39 is 6.04 Å². The summed E-state index contributed by atoms with van der Waals surface area (Å²) in [5, 5.41) is 2.96. The summed E-state index contributed by atoms with van der Waals surface area (Å²) < 4.78 is 6.75. The maximum atomic E-state index is 13.1. The minimum absolute atomic E-state index is 0.131. The molecule has 1 N–H and O–H groups in total. The first-order valence-electron chi connectivity index (χ1n) is 10.0. The van der Waals surface area contributed by atoms with Crippen LogP contribution in [0.1, 0.15) is 44.4 Å². The van der Waals surface area contributed by atoms with E-state index in [9.17, 15) is 9.59 Å². The fraction of sp³-hybridized carbons (Fsp3) is 0.417. The molecule has 0 heterocycles. The Bertz CT molecular complexity index is 888. The van der Waals surface area contributed by atoms with Crippen LogP contribution in [0.25, 0.3) is 0 Å². The fourth-order valence-corrected chi connectivity index (χ4v) is 3.29. The summed E-state index contributed by atoms with van der Waals surface area (Å²) in [6, 6.07) is 12.9. The summed E-state index contributed by atoms with van der Waals surface area (Å²) in [4.78, 5) is 27.4. The summed E-state index contributed by atoms with van der Waals surface area (Å²) in [6.45, 7) is 11.7. The first kappa shape index (κ1) is 23.9. The number of hydrogen-bond acceptors (Lipinski definition) is 3. The van der Waals surface area contributed by atoms with Crippen LogP contribution in [0.15, 0.2) is 46.9 Å². The molecule has 0 aliphatic heterocycles. The van der Waals surface area contributed by atoms with E-state index >= 15 is 0 Å². The number of carbonyl (C=O) groups is 2.